The second kappa shape index (κ2) is 7.72. The molecule has 172 valence electrons. The van der Waals surface area contributed by atoms with Crippen molar-refractivity contribution in [2.45, 2.75) is 26.0 Å². The monoisotopic (exact) mass is 463 g/mol. The summed E-state index contributed by atoms with van der Waals surface area (Å²) in [5.41, 5.74) is 2.74. The van der Waals surface area contributed by atoms with Crippen molar-refractivity contribution in [3.8, 4) is 22.6 Å². The molecule has 5 aromatic rings. The minimum Gasteiger partial charge on any atom is -0.435 e. The van der Waals surface area contributed by atoms with Gasteiger partial charge in [0.25, 0.3) is 5.56 Å². The van der Waals surface area contributed by atoms with Crippen LogP contribution in [0.15, 0.2) is 53.5 Å². The fourth-order valence-electron chi connectivity index (χ4n) is 4.14. The number of hydrogen-bond donors (Lipinski definition) is 0. The van der Waals surface area contributed by atoms with E-state index in [1.165, 1.54) is 16.8 Å². The Hall–Kier alpha value is -4.15. The molecule has 1 aliphatic carbocycles. The van der Waals surface area contributed by atoms with Crippen molar-refractivity contribution >= 4 is 22.1 Å². The Morgan fingerprint density at radius 2 is 1.91 bits per heavy atom. The van der Waals surface area contributed by atoms with Gasteiger partial charge in [0, 0.05) is 25.2 Å². The fraction of sp³-hybridized carbons (Fsp3) is 0.261. The molecule has 0 amide bonds. The van der Waals surface area contributed by atoms with Gasteiger partial charge in [-0.25, -0.2) is 4.68 Å². The summed E-state index contributed by atoms with van der Waals surface area (Å²) in [4.78, 5) is 13.8. The van der Waals surface area contributed by atoms with Crippen molar-refractivity contribution in [3.63, 3.8) is 0 Å². The lowest BCUT2D eigenvalue weighted by atomic mass is 10.1. The summed E-state index contributed by atoms with van der Waals surface area (Å²) in [6.45, 7) is -2.29. The minimum atomic E-state index is -2.93. The van der Waals surface area contributed by atoms with Crippen LogP contribution < -0.4 is 10.3 Å². The van der Waals surface area contributed by atoms with E-state index in [1.54, 1.807) is 27.6 Å². The molecule has 3 aromatic heterocycles. The van der Waals surface area contributed by atoms with Crippen LogP contribution in [0.5, 0.6) is 5.75 Å². The number of ether oxygens (including phenoxy) is 1. The molecule has 0 N–H and O–H groups in total. The molecule has 0 bridgehead atoms. The number of nitrogens with zero attached hydrogens (tertiary/aromatic N) is 7. The first-order chi connectivity index (χ1) is 16.5. The predicted octanol–water partition coefficient (Wildman–Crippen LogP) is 3.54. The van der Waals surface area contributed by atoms with Crippen LogP contribution in [0.2, 0.25) is 0 Å². The lowest BCUT2D eigenvalue weighted by molar-refractivity contribution is -0.0498. The Labute approximate surface area is 191 Å². The van der Waals surface area contributed by atoms with Gasteiger partial charge in [0.05, 0.1) is 16.8 Å². The Bertz CT molecular complexity index is 1580. The summed E-state index contributed by atoms with van der Waals surface area (Å²) in [6.07, 6.45) is 4.06. The highest BCUT2D eigenvalue weighted by molar-refractivity contribution is 5.89. The van der Waals surface area contributed by atoms with Gasteiger partial charge in [0.2, 0.25) is 5.65 Å². The topological polar surface area (TPSA) is 92.6 Å². The largest absolute Gasteiger partial charge is 0.435 e. The molecule has 0 unspecified atom stereocenters. The van der Waals surface area contributed by atoms with Crippen molar-refractivity contribution in [2.24, 2.45) is 13.0 Å². The average molecular weight is 463 g/mol. The van der Waals surface area contributed by atoms with Gasteiger partial charge >= 0.3 is 6.61 Å². The quantitative estimate of drug-likeness (QED) is 0.383. The Morgan fingerprint density at radius 1 is 1.12 bits per heavy atom. The van der Waals surface area contributed by atoms with Crippen molar-refractivity contribution in [1.29, 1.82) is 0 Å². The second-order valence-corrected chi connectivity index (χ2v) is 8.43. The van der Waals surface area contributed by atoms with Crippen LogP contribution in [0, 0.1) is 5.92 Å². The van der Waals surface area contributed by atoms with Gasteiger partial charge in [-0.1, -0.05) is 17.3 Å². The van der Waals surface area contributed by atoms with E-state index in [0.717, 1.165) is 23.7 Å². The van der Waals surface area contributed by atoms with E-state index in [2.05, 4.69) is 25.2 Å². The van der Waals surface area contributed by atoms with E-state index in [-0.39, 0.29) is 11.3 Å². The molecule has 6 rings (SSSR count). The number of fused-ring (bicyclic) bond motifs is 2. The van der Waals surface area contributed by atoms with E-state index < -0.39 is 6.61 Å². The molecule has 0 radical (unpaired) electrons. The van der Waals surface area contributed by atoms with Crippen molar-refractivity contribution in [3.05, 3.63) is 59.0 Å². The Kier molecular flexibility index (Phi) is 4.64. The summed E-state index contributed by atoms with van der Waals surface area (Å²) in [6, 6.07) is 11.4. The third kappa shape index (κ3) is 3.58. The first-order valence-electron chi connectivity index (χ1n) is 10.8. The van der Waals surface area contributed by atoms with Gasteiger partial charge in [0.1, 0.15) is 11.3 Å². The molecule has 2 aromatic carbocycles. The van der Waals surface area contributed by atoms with Crippen LogP contribution in [0.1, 0.15) is 12.8 Å². The molecular formula is C23H19F2N7O2. The number of alkyl halides is 2. The SMILES string of the molecule is Cn1cc2cc(-n3nc4nnn(CC5CC5)c4c(-c4ccc(OC(F)F)cc4)c3=O)ccc2n1. The number of halogens is 2. The smallest absolute Gasteiger partial charge is 0.387 e. The Balaban J connectivity index is 1.56. The molecule has 0 spiro atoms. The van der Waals surface area contributed by atoms with Crippen LogP contribution in [-0.2, 0) is 13.6 Å². The van der Waals surface area contributed by atoms with Gasteiger partial charge in [0.15, 0.2) is 0 Å². The molecule has 34 heavy (non-hydrogen) atoms. The fourth-order valence-corrected chi connectivity index (χ4v) is 4.14. The first kappa shape index (κ1) is 20.5. The second-order valence-electron chi connectivity index (χ2n) is 8.43. The van der Waals surface area contributed by atoms with Gasteiger partial charge in [-0.2, -0.15) is 18.6 Å². The van der Waals surface area contributed by atoms with E-state index in [0.29, 0.717) is 40.4 Å². The van der Waals surface area contributed by atoms with Gasteiger partial charge < -0.3 is 4.74 Å². The maximum atomic E-state index is 13.8. The molecule has 1 saturated carbocycles. The summed E-state index contributed by atoms with van der Waals surface area (Å²) < 4.78 is 34.4. The predicted molar refractivity (Wildman–Crippen MR) is 120 cm³/mol. The van der Waals surface area contributed by atoms with Gasteiger partial charge in [-0.15, -0.1) is 10.2 Å². The van der Waals surface area contributed by atoms with E-state index in [9.17, 15) is 13.6 Å². The maximum Gasteiger partial charge on any atom is 0.387 e. The van der Waals surface area contributed by atoms with Crippen molar-refractivity contribution in [1.82, 2.24) is 34.6 Å². The average Bonchev–Trinajstić information content (AvgIpc) is 3.42. The van der Waals surface area contributed by atoms with E-state index in [1.807, 2.05) is 25.4 Å². The van der Waals surface area contributed by atoms with Crippen molar-refractivity contribution in [2.75, 3.05) is 0 Å². The number of aromatic nitrogens is 7. The minimum absolute atomic E-state index is 0.0102. The standard InChI is InChI=1S/C23H19F2N7O2/c1-30-12-15-10-16(6-9-18(15)27-30)32-22(33)19(14-4-7-17(8-5-14)34-23(24)25)20-21(28-32)26-29-31(20)11-13-2-3-13/h4-10,12-13,23H,2-3,11H2,1H3. The number of aryl methyl sites for hydroxylation is 1. The normalized spacial score (nSPS) is 13.9. The van der Waals surface area contributed by atoms with E-state index in [4.69, 9.17) is 0 Å². The maximum absolute atomic E-state index is 13.8. The van der Waals surface area contributed by atoms with Crippen LogP contribution in [0.4, 0.5) is 8.78 Å². The molecular weight excluding hydrogens is 444 g/mol. The summed E-state index contributed by atoms with van der Waals surface area (Å²) in [5.74, 6) is 0.506. The zero-order valence-corrected chi connectivity index (χ0v) is 18.1. The number of rotatable bonds is 6. The zero-order valence-electron chi connectivity index (χ0n) is 18.1. The number of hydrogen-bond acceptors (Lipinski definition) is 6. The summed E-state index contributed by atoms with van der Waals surface area (Å²) in [7, 11) is 1.83. The molecule has 0 atom stereocenters. The van der Waals surface area contributed by atoms with Gasteiger partial charge in [-0.3, -0.25) is 9.48 Å². The van der Waals surface area contributed by atoms with Crippen LogP contribution in [0.3, 0.4) is 0 Å². The van der Waals surface area contributed by atoms with Crippen LogP contribution >= 0.6 is 0 Å². The van der Waals surface area contributed by atoms with Crippen LogP contribution in [0.25, 0.3) is 38.9 Å². The molecule has 1 fully saturated rings. The highest BCUT2D eigenvalue weighted by Crippen LogP contribution is 2.33. The third-order valence-corrected chi connectivity index (χ3v) is 5.90. The molecule has 11 heteroatoms. The van der Waals surface area contributed by atoms with E-state index >= 15 is 0 Å². The van der Waals surface area contributed by atoms with Crippen LogP contribution in [-0.4, -0.2) is 41.2 Å². The highest BCUT2D eigenvalue weighted by atomic mass is 19.3. The Morgan fingerprint density at radius 3 is 2.65 bits per heavy atom. The lowest BCUT2D eigenvalue weighted by Crippen LogP contribution is -2.24. The molecule has 1 aliphatic rings. The summed E-state index contributed by atoms with van der Waals surface area (Å²) in [5, 5.41) is 18.2. The first-order valence-corrected chi connectivity index (χ1v) is 10.8. The molecule has 3 heterocycles. The third-order valence-electron chi connectivity index (χ3n) is 5.90. The van der Waals surface area contributed by atoms with Gasteiger partial charge in [-0.05, 0) is 54.7 Å². The summed E-state index contributed by atoms with van der Waals surface area (Å²) >= 11 is 0. The lowest BCUT2D eigenvalue weighted by Gasteiger charge is -2.11. The van der Waals surface area contributed by atoms with Crippen molar-refractivity contribution < 1.29 is 13.5 Å². The molecule has 0 aliphatic heterocycles. The highest BCUT2D eigenvalue weighted by Gasteiger charge is 2.26. The molecule has 0 saturated heterocycles. The molecule has 9 nitrogen and oxygen atoms in total. The zero-order chi connectivity index (χ0) is 23.4. The number of benzene rings is 2.